The Labute approximate surface area is 152 Å². The van der Waals surface area contributed by atoms with Gasteiger partial charge in [0.2, 0.25) is 5.60 Å². The molecule has 1 aromatic rings. The summed E-state index contributed by atoms with van der Waals surface area (Å²) in [7, 11) is -3.98. The molecule has 142 valence electrons. The summed E-state index contributed by atoms with van der Waals surface area (Å²) in [6.07, 6.45) is -2.89. The van der Waals surface area contributed by atoms with Crippen LogP contribution in [0, 0.1) is 11.3 Å². The summed E-state index contributed by atoms with van der Waals surface area (Å²) in [5.74, 6) is 2.34. The normalized spacial score (nSPS) is 36.4. The number of aromatic nitrogens is 2. The van der Waals surface area contributed by atoms with Crippen molar-refractivity contribution in [3.8, 4) is 11.3 Å². The predicted octanol–water partition coefficient (Wildman–Crippen LogP) is 0.313. The molecule has 0 radical (unpaired) electrons. The summed E-state index contributed by atoms with van der Waals surface area (Å²) in [4.78, 5) is 25.4. The summed E-state index contributed by atoms with van der Waals surface area (Å²) < 4.78 is 34.9. The number of ether oxygens (including phenoxy) is 1. The first-order valence-electron chi connectivity index (χ1n) is 7.62. The molecule has 12 heteroatoms. The minimum Gasteiger partial charge on any atom is -0.371 e. The molecule has 0 aromatic carbocycles. The van der Waals surface area contributed by atoms with E-state index >= 15 is 0 Å². The standard InChI is InChI=1S/C14H16ClN2O8P/c1-8(2)24-26(21)22-7-9-11(25-26)14(20,4-5-15)12(23-9)17-6-3-10(18)16-13(17)19/h3,6,8-9,11-12,20H,7H2,1-2H3,(H,16,18,19)/t9-,11-,12-,14-,26?/m1/s1. The van der Waals surface area contributed by atoms with Gasteiger partial charge in [-0.05, 0) is 31.4 Å². The van der Waals surface area contributed by atoms with E-state index in [0.717, 1.165) is 16.8 Å². The van der Waals surface area contributed by atoms with Gasteiger partial charge in [0, 0.05) is 17.6 Å². The van der Waals surface area contributed by atoms with Crippen molar-refractivity contribution in [3.63, 3.8) is 0 Å². The largest absolute Gasteiger partial charge is 0.475 e. The molecule has 2 N–H and O–H groups in total. The highest BCUT2D eigenvalue weighted by atomic mass is 35.5. The van der Waals surface area contributed by atoms with Gasteiger partial charge in [0.05, 0.1) is 12.7 Å². The maximum Gasteiger partial charge on any atom is 0.475 e. The lowest BCUT2D eigenvalue weighted by molar-refractivity contribution is -0.0753. The van der Waals surface area contributed by atoms with Crippen LogP contribution >= 0.6 is 19.4 Å². The van der Waals surface area contributed by atoms with E-state index in [9.17, 15) is 19.3 Å². The zero-order chi connectivity index (χ0) is 19.1. The van der Waals surface area contributed by atoms with Gasteiger partial charge in [0.25, 0.3) is 5.56 Å². The van der Waals surface area contributed by atoms with Crippen LogP contribution in [-0.4, -0.2) is 45.2 Å². The van der Waals surface area contributed by atoms with Crippen molar-refractivity contribution in [1.82, 2.24) is 9.55 Å². The molecule has 0 aliphatic carbocycles. The zero-order valence-electron chi connectivity index (χ0n) is 13.7. The summed E-state index contributed by atoms with van der Waals surface area (Å²) in [5, 5.41) is 13.1. The van der Waals surface area contributed by atoms with Crippen LogP contribution in [0.15, 0.2) is 21.9 Å². The van der Waals surface area contributed by atoms with Crippen LogP contribution in [0.4, 0.5) is 0 Å². The molecule has 26 heavy (non-hydrogen) atoms. The van der Waals surface area contributed by atoms with Gasteiger partial charge in [-0.1, -0.05) is 0 Å². The van der Waals surface area contributed by atoms with Gasteiger partial charge in [-0.3, -0.25) is 27.9 Å². The average Bonchev–Trinajstić information content (AvgIpc) is 2.79. The number of H-pyrrole nitrogens is 1. The second-order valence-corrected chi connectivity index (χ2v) is 7.78. The molecular weight excluding hydrogens is 391 g/mol. The summed E-state index contributed by atoms with van der Waals surface area (Å²) >= 11 is 5.47. The fourth-order valence-corrected chi connectivity index (χ4v) is 4.53. The van der Waals surface area contributed by atoms with E-state index in [2.05, 4.69) is 5.92 Å². The molecule has 0 saturated carbocycles. The lowest BCUT2D eigenvalue weighted by Gasteiger charge is -2.34. The number of halogens is 1. The Morgan fingerprint density at radius 1 is 1.54 bits per heavy atom. The van der Waals surface area contributed by atoms with E-state index in [-0.39, 0.29) is 6.61 Å². The van der Waals surface area contributed by atoms with Gasteiger partial charge in [-0.2, -0.15) is 0 Å². The first-order chi connectivity index (χ1) is 12.2. The first-order valence-corrected chi connectivity index (χ1v) is 9.46. The van der Waals surface area contributed by atoms with Gasteiger partial charge in [0.1, 0.15) is 12.2 Å². The Balaban J connectivity index is 2.02. The van der Waals surface area contributed by atoms with Crippen molar-refractivity contribution in [2.24, 2.45) is 0 Å². The molecule has 0 spiro atoms. The Morgan fingerprint density at radius 3 is 2.88 bits per heavy atom. The number of fused-ring (bicyclic) bond motifs is 1. The molecule has 10 nitrogen and oxygen atoms in total. The third-order valence-corrected chi connectivity index (χ3v) is 5.51. The van der Waals surface area contributed by atoms with Crippen LogP contribution in [0.1, 0.15) is 20.1 Å². The van der Waals surface area contributed by atoms with E-state index in [1.165, 1.54) is 0 Å². The van der Waals surface area contributed by atoms with E-state index in [1.54, 1.807) is 13.8 Å². The minimum absolute atomic E-state index is 0.227. The van der Waals surface area contributed by atoms with Gasteiger partial charge < -0.3 is 9.84 Å². The monoisotopic (exact) mass is 406 g/mol. The molecule has 2 aliphatic heterocycles. The third-order valence-electron chi connectivity index (χ3n) is 3.78. The molecular formula is C14H16ClN2O8P. The number of rotatable bonds is 3. The average molecular weight is 407 g/mol. The van der Waals surface area contributed by atoms with Crippen molar-refractivity contribution in [2.75, 3.05) is 6.61 Å². The fourth-order valence-electron chi connectivity index (χ4n) is 2.79. The number of nitrogens with zero attached hydrogens (tertiary/aromatic N) is 1. The molecule has 0 amide bonds. The number of aliphatic hydroxyl groups is 1. The Kier molecular flexibility index (Phi) is 5.16. The molecule has 1 unspecified atom stereocenters. The van der Waals surface area contributed by atoms with Crippen molar-refractivity contribution in [2.45, 2.75) is 44.0 Å². The molecule has 3 rings (SSSR count). The number of phosphoric acid groups is 1. The molecule has 1 aromatic heterocycles. The second-order valence-electron chi connectivity index (χ2n) is 6.01. The number of hydrogen-bond donors (Lipinski definition) is 2. The number of aromatic amines is 1. The van der Waals surface area contributed by atoms with Gasteiger partial charge in [-0.15, -0.1) is 0 Å². The molecule has 2 saturated heterocycles. The third kappa shape index (κ3) is 3.40. The van der Waals surface area contributed by atoms with Crippen molar-refractivity contribution in [1.29, 1.82) is 0 Å². The fraction of sp³-hybridized carbons (Fsp3) is 0.571. The molecule has 0 bridgehead atoms. The van der Waals surface area contributed by atoms with E-state index in [1.807, 2.05) is 10.4 Å². The highest BCUT2D eigenvalue weighted by Crippen LogP contribution is 2.59. The van der Waals surface area contributed by atoms with Crippen LogP contribution in [0.5, 0.6) is 0 Å². The Bertz CT molecular complexity index is 918. The molecule has 2 aliphatic rings. The number of nitrogens with one attached hydrogen (secondary N) is 1. The maximum atomic E-state index is 12.6. The summed E-state index contributed by atoms with van der Waals surface area (Å²) in [6.45, 7) is 3.05. The van der Waals surface area contributed by atoms with E-state index in [0.29, 0.717) is 0 Å². The lowest BCUT2D eigenvalue weighted by atomic mass is 9.95. The van der Waals surface area contributed by atoms with Crippen LogP contribution in [0.2, 0.25) is 0 Å². The first kappa shape index (κ1) is 19.3. The molecule has 3 heterocycles. The van der Waals surface area contributed by atoms with Gasteiger partial charge in [0.15, 0.2) is 6.23 Å². The van der Waals surface area contributed by atoms with Crippen LogP contribution in [0.3, 0.4) is 0 Å². The maximum absolute atomic E-state index is 12.6. The smallest absolute Gasteiger partial charge is 0.371 e. The zero-order valence-corrected chi connectivity index (χ0v) is 15.4. The van der Waals surface area contributed by atoms with E-state index < -0.39 is 49.2 Å². The topological polar surface area (TPSA) is 129 Å². The van der Waals surface area contributed by atoms with Crippen molar-refractivity contribution in [3.05, 3.63) is 33.1 Å². The highest BCUT2D eigenvalue weighted by Gasteiger charge is 2.62. The lowest BCUT2D eigenvalue weighted by Crippen LogP contribution is -2.50. The van der Waals surface area contributed by atoms with Gasteiger partial charge >= 0.3 is 13.5 Å². The quantitative estimate of drug-likeness (QED) is 0.542. The van der Waals surface area contributed by atoms with Crippen LogP contribution in [0.25, 0.3) is 0 Å². The molecule has 5 atom stereocenters. The minimum atomic E-state index is -3.98. The predicted molar refractivity (Wildman–Crippen MR) is 88.5 cm³/mol. The Morgan fingerprint density at radius 2 is 2.27 bits per heavy atom. The highest BCUT2D eigenvalue weighted by molar-refractivity contribution is 7.48. The van der Waals surface area contributed by atoms with Crippen molar-refractivity contribution < 1.29 is 28.0 Å². The summed E-state index contributed by atoms with van der Waals surface area (Å²) in [5.41, 5.74) is -3.60. The molecule has 2 fully saturated rings. The van der Waals surface area contributed by atoms with Crippen molar-refractivity contribution >= 4 is 19.4 Å². The number of phosphoric ester groups is 1. The second kappa shape index (κ2) is 6.94. The van der Waals surface area contributed by atoms with Crippen LogP contribution in [-0.2, 0) is 22.9 Å². The number of hydrogen-bond acceptors (Lipinski definition) is 8. The van der Waals surface area contributed by atoms with Crippen LogP contribution < -0.4 is 11.2 Å². The Hall–Kier alpha value is -1.44. The SMILES string of the molecule is CC(C)OP1(=O)OC[C@H]2O[C@@H](n3ccc(=O)[nH]c3=O)[C@@](O)(C#CCl)[C@@H]2O1. The van der Waals surface area contributed by atoms with Gasteiger partial charge in [-0.25, -0.2) is 9.36 Å². The summed E-state index contributed by atoms with van der Waals surface area (Å²) in [6, 6.07) is 1.07. The van der Waals surface area contributed by atoms with E-state index in [4.69, 9.17) is 29.9 Å².